The fraction of sp³-hybridized carbons (Fsp3) is 0.650. The molecule has 0 aromatic heterocycles. The van der Waals surface area contributed by atoms with E-state index in [4.69, 9.17) is 17.3 Å². The number of anilines is 1. The molecule has 1 aliphatic heterocycles. The predicted octanol–water partition coefficient (Wildman–Crippen LogP) is 3.14. The minimum absolute atomic E-state index is 0.196. The molecule has 1 aromatic rings. The van der Waals surface area contributed by atoms with E-state index in [1.165, 1.54) is 19.3 Å². The van der Waals surface area contributed by atoms with Crippen LogP contribution in [0.2, 0.25) is 5.02 Å². The molecular formula is C20H28ClN3O. The number of halogens is 1. The van der Waals surface area contributed by atoms with Gasteiger partial charge in [-0.05, 0) is 49.7 Å². The van der Waals surface area contributed by atoms with Gasteiger partial charge in [0.25, 0.3) is 0 Å². The molecule has 1 amide bonds. The van der Waals surface area contributed by atoms with Gasteiger partial charge in [-0.3, -0.25) is 4.79 Å². The molecule has 0 spiro atoms. The van der Waals surface area contributed by atoms with Gasteiger partial charge < -0.3 is 15.5 Å². The number of hydrogen-bond acceptors (Lipinski definition) is 3. The van der Waals surface area contributed by atoms with Crippen LogP contribution < -0.4 is 10.6 Å². The van der Waals surface area contributed by atoms with Crippen molar-refractivity contribution in [3.63, 3.8) is 0 Å². The van der Waals surface area contributed by atoms with Crippen molar-refractivity contribution in [1.82, 2.24) is 4.90 Å². The molecule has 2 unspecified atom stereocenters. The molecule has 2 bridgehead atoms. The zero-order chi connectivity index (χ0) is 17.4. The van der Waals surface area contributed by atoms with Gasteiger partial charge in [-0.2, -0.15) is 0 Å². The van der Waals surface area contributed by atoms with Gasteiger partial charge in [0.2, 0.25) is 5.91 Å². The van der Waals surface area contributed by atoms with E-state index in [-0.39, 0.29) is 5.92 Å². The van der Waals surface area contributed by atoms with Crippen molar-refractivity contribution in [2.24, 2.45) is 23.5 Å². The molecule has 25 heavy (non-hydrogen) atoms. The highest BCUT2D eigenvalue weighted by Crippen LogP contribution is 2.42. The number of fused-ring (bicyclic) bond motifs is 2. The fourth-order valence-corrected chi connectivity index (χ4v) is 5.38. The summed E-state index contributed by atoms with van der Waals surface area (Å²) in [4.78, 5) is 17.4. The highest BCUT2D eigenvalue weighted by molar-refractivity contribution is 6.33. The molecule has 136 valence electrons. The quantitative estimate of drug-likeness (QED) is 0.880. The Hall–Kier alpha value is -1.26. The maximum atomic E-state index is 13.0. The summed E-state index contributed by atoms with van der Waals surface area (Å²) >= 11 is 6.31. The summed E-state index contributed by atoms with van der Waals surface area (Å²) in [5.41, 5.74) is 7.46. The lowest BCUT2D eigenvalue weighted by molar-refractivity contribution is -0.138. The number of hydrogen-bond donors (Lipinski definition) is 1. The first-order chi connectivity index (χ1) is 12.1. The van der Waals surface area contributed by atoms with Crippen molar-refractivity contribution in [1.29, 1.82) is 0 Å². The molecule has 3 aliphatic rings. The number of nitrogens with zero attached hydrogens (tertiary/aromatic N) is 2. The molecule has 3 fully saturated rings. The molecule has 4 nitrogen and oxygen atoms in total. The zero-order valence-corrected chi connectivity index (χ0v) is 15.5. The van der Waals surface area contributed by atoms with Gasteiger partial charge in [0.05, 0.1) is 10.7 Å². The zero-order valence-electron chi connectivity index (χ0n) is 14.7. The summed E-state index contributed by atoms with van der Waals surface area (Å²) in [6.45, 7) is 3.30. The van der Waals surface area contributed by atoms with E-state index < -0.39 is 0 Å². The highest BCUT2D eigenvalue weighted by Gasteiger charge is 2.41. The van der Waals surface area contributed by atoms with Gasteiger partial charge in [-0.25, -0.2) is 0 Å². The van der Waals surface area contributed by atoms with Crippen LogP contribution in [0.5, 0.6) is 0 Å². The van der Waals surface area contributed by atoms with Crippen molar-refractivity contribution in [2.45, 2.75) is 38.1 Å². The summed E-state index contributed by atoms with van der Waals surface area (Å²) in [5, 5.41) is 0.788. The van der Waals surface area contributed by atoms with Gasteiger partial charge >= 0.3 is 0 Å². The number of para-hydroxylation sites is 1. The van der Waals surface area contributed by atoms with E-state index in [1.807, 2.05) is 18.2 Å². The third-order valence-corrected chi connectivity index (χ3v) is 6.87. The molecule has 2 N–H and O–H groups in total. The van der Waals surface area contributed by atoms with Crippen molar-refractivity contribution in [3.8, 4) is 0 Å². The standard InChI is InChI=1S/C20H28ClN3O/c21-17-6-1-2-7-18(17)23-8-10-24(11-9-23)20(25)16-12-14-4-3-5-15(13-16)19(14)22/h1-2,6-7,14-16,19H,3-5,8-13,22H2. The summed E-state index contributed by atoms with van der Waals surface area (Å²) < 4.78 is 0. The first-order valence-corrected chi connectivity index (χ1v) is 10.0. The van der Waals surface area contributed by atoms with E-state index in [0.29, 0.717) is 23.8 Å². The van der Waals surface area contributed by atoms with E-state index in [2.05, 4.69) is 15.9 Å². The molecule has 2 saturated carbocycles. The van der Waals surface area contributed by atoms with E-state index >= 15 is 0 Å². The second-order valence-electron chi connectivity index (χ2n) is 7.96. The van der Waals surface area contributed by atoms with Crippen LogP contribution in [0.25, 0.3) is 0 Å². The first-order valence-electron chi connectivity index (χ1n) is 9.67. The molecule has 1 heterocycles. The summed E-state index contributed by atoms with van der Waals surface area (Å²) in [6.07, 6.45) is 5.71. The lowest BCUT2D eigenvalue weighted by atomic mass is 9.65. The summed E-state index contributed by atoms with van der Waals surface area (Å²) in [5.74, 6) is 1.68. The predicted molar refractivity (Wildman–Crippen MR) is 102 cm³/mol. The lowest BCUT2D eigenvalue weighted by Gasteiger charge is -2.45. The number of amides is 1. The maximum absolute atomic E-state index is 13.0. The van der Waals surface area contributed by atoms with Gasteiger partial charge in [0.15, 0.2) is 0 Å². The number of carbonyl (C=O) groups excluding carboxylic acids is 1. The Balaban J connectivity index is 1.36. The molecule has 1 saturated heterocycles. The van der Waals surface area contributed by atoms with Gasteiger partial charge in [-0.15, -0.1) is 0 Å². The van der Waals surface area contributed by atoms with Gasteiger partial charge in [-0.1, -0.05) is 30.2 Å². The number of benzene rings is 1. The molecule has 2 atom stereocenters. The smallest absolute Gasteiger partial charge is 0.225 e. The molecular weight excluding hydrogens is 334 g/mol. The van der Waals surface area contributed by atoms with Gasteiger partial charge in [0.1, 0.15) is 0 Å². The third kappa shape index (κ3) is 3.39. The Bertz CT molecular complexity index is 615. The fourth-order valence-electron chi connectivity index (χ4n) is 5.12. The van der Waals surface area contributed by atoms with Crippen LogP contribution >= 0.6 is 11.6 Å². The SMILES string of the molecule is NC1C2CCCC1CC(C(=O)N1CCN(c3ccccc3Cl)CC1)C2. The van der Waals surface area contributed by atoms with Crippen LogP contribution in [-0.4, -0.2) is 43.0 Å². The average Bonchev–Trinajstić information content (AvgIpc) is 2.61. The van der Waals surface area contributed by atoms with E-state index in [1.54, 1.807) is 0 Å². The van der Waals surface area contributed by atoms with E-state index in [9.17, 15) is 4.79 Å². The monoisotopic (exact) mass is 361 g/mol. The van der Waals surface area contributed by atoms with Crippen molar-refractivity contribution >= 4 is 23.2 Å². The summed E-state index contributed by atoms with van der Waals surface area (Å²) in [7, 11) is 0. The highest BCUT2D eigenvalue weighted by atomic mass is 35.5. The van der Waals surface area contributed by atoms with Crippen LogP contribution in [0.1, 0.15) is 32.1 Å². The topological polar surface area (TPSA) is 49.6 Å². The van der Waals surface area contributed by atoms with Crippen LogP contribution in [0.15, 0.2) is 24.3 Å². The first kappa shape index (κ1) is 17.2. The molecule has 5 heteroatoms. The second-order valence-corrected chi connectivity index (χ2v) is 8.37. The lowest BCUT2D eigenvalue weighted by Crippen LogP contribution is -2.53. The molecule has 4 rings (SSSR count). The Morgan fingerprint density at radius 2 is 1.68 bits per heavy atom. The van der Waals surface area contributed by atoms with Gasteiger partial charge in [0, 0.05) is 38.1 Å². The Morgan fingerprint density at radius 3 is 2.32 bits per heavy atom. The maximum Gasteiger partial charge on any atom is 0.225 e. The number of rotatable bonds is 2. The van der Waals surface area contributed by atoms with Crippen molar-refractivity contribution < 1.29 is 4.79 Å². The van der Waals surface area contributed by atoms with E-state index in [0.717, 1.165) is 49.7 Å². The largest absolute Gasteiger partial charge is 0.367 e. The Kier molecular flexibility index (Phi) is 4.92. The minimum atomic E-state index is 0.196. The normalized spacial score (nSPS) is 32.6. The number of piperazine rings is 1. The molecule has 2 aliphatic carbocycles. The summed E-state index contributed by atoms with van der Waals surface area (Å²) in [6, 6.07) is 8.29. The van der Waals surface area contributed by atoms with Crippen molar-refractivity contribution in [3.05, 3.63) is 29.3 Å². The number of nitrogens with two attached hydrogens (primary N) is 1. The average molecular weight is 362 g/mol. The Labute approximate surface area is 155 Å². The molecule has 1 aromatic carbocycles. The molecule has 0 radical (unpaired) electrons. The van der Waals surface area contributed by atoms with Crippen molar-refractivity contribution in [2.75, 3.05) is 31.1 Å². The number of carbonyl (C=O) groups is 1. The van der Waals surface area contributed by atoms with Crippen LogP contribution in [0.4, 0.5) is 5.69 Å². The minimum Gasteiger partial charge on any atom is -0.367 e. The van der Waals surface area contributed by atoms with Crippen LogP contribution in [0, 0.1) is 17.8 Å². The Morgan fingerprint density at radius 1 is 1.04 bits per heavy atom. The van der Waals surface area contributed by atoms with Crippen LogP contribution in [-0.2, 0) is 4.79 Å². The second kappa shape index (κ2) is 7.16. The third-order valence-electron chi connectivity index (χ3n) is 6.55. The van der Waals surface area contributed by atoms with Crippen LogP contribution in [0.3, 0.4) is 0 Å².